The second-order valence-electron chi connectivity index (χ2n) is 7.94. The van der Waals surface area contributed by atoms with E-state index in [1.165, 1.54) is 24.3 Å². The second-order valence-corrected chi connectivity index (χ2v) is 7.94. The molecule has 0 aliphatic rings. The number of pyridine rings is 1. The van der Waals surface area contributed by atoms with Gasteiger partial charge in [0.15, 0.2) is 0 Å². The van der Waals surface area contributed by atoms with E-state index in [1.807, 2.05) is 44.7 Å². The van der Waals surface area contributed by atoms with Crippen LogP contribution in [-0.4, -0.2) is 24.2 Å². The van der Waals surface area contributed by atoms with Crippen molar-refractivity contribution in [1.29, 1.82) is 0 Å². The van der Waals surface area contributed by atoms with Crippen molar-refractivity contribution in [2.75, 3.05) is 0 Å². The van der Waals surface area contributed by atoms with Crippen LogP contribution in [0.3, 0.4) is 0 Å². The average Bonchev–Trinajstić information content (AvgIpc) is 3.67. The number of aromatic nitrogens is 8. The van der Waals surface area contributed by atoms with Gasteiger partial charge in [0.05, 0.1) is 19.8 Å². The van der Waals surface area contributed by atoms with E-state index in [0.717, 1.165) is 5.69 Å². The molecule has 8 nitrogen and oxygen atoms in total. The van der Waals surface area contributed by atoms with Crippen LogP contribution in [0.1, 0.15) is 5.82 Å². The Bertz CT molecular complexity index is 1510. The van der Waals surface area contributed by atoms with Crippen LogP contribution in [0.25, 0.3) is 22.9 Å². The molecule has 2 aromatic carbocycles. The van der Waals surface area contributed by atoms with Gasteiger partial charge in [-0.25, -0.2) is 8.78 Å². The third-order valence-corrected chi connectivity index (χ3v) is 4.88. The zero-order chi connectivity index (χ0) is 26.9. The summed E-state index contributed by atoms with van der Waals surface area (Å²) in [6, 6.07) is 20.1. The molecule has 0 N–H and O–H groups in total. The SMILES string of the molecule is C[n+]1[c-]n(-c2[c-]ccc(F)c2)cc1.C[n+]1[c-]n(-c2[c-]ccc(F)c2)cc1.Cc1n[n-]c(-c2ccccn2)n1.[Ir]. The summed E-state index contributed by atoms with van der Waals surface area (Å²) in [5.41, 5.74) is 2.07. The molecule has 4 aromatic heterocycles. The van der Waals surface area contributed by atoms with Gasteiger partial charge in [0.2, 0.25) is 12.7 Å². The summed E-state index contributed by atoms with van der Waals surface area (Å²) in [5.74, 6) is 0.737. The molecule has 0 fully saturated rings. The fourth-order valence-corrected chi connectivity index (χ4v) is 3.13. The standard InChI is InChI=1S/2C10H8FN2.C8H7N4.Ir/c2*1-12-5-6-13(8-12)10-4-2-3-9(11)7-10;1-6-10-8(12-11-6)7-4-2-3-5-9-7;/h2*2-3,5-7H,1H3;2-5H,1H3;/q3*-1;. The topological polar surface area (TPSA) is 70.4 Å². The molecule has 4 heterocycles. The fraction of sp³-hybridized carbons (Fsp3) is 0.107. The molecule has 0 unspecified atom stereocenters. The summed E-state index contributed by atoms with van der Waals surface area (Å²) >= 11 is 0. The van der Waals surface area contributed by atoms with Gasteiger partial charge in [-0.3, -0.25) is 10.1 Å². The Morgan fingerprint density at radius 2 is 1.41 bits per heavy atom. The number of hydrogen-bond donors (Lipinski definition) is 0. The Labute approximate surface area is 238 Å². The van der Waals surface area contributed by atoms with E-state index >= 15 is 0 Å². The molecule has 1 radical (unpaired) electrons. The predicted molar refractivity (Wildman–Crippen MR) is 132 cm³/mol. The normalized spacial score (nSPS) is 9.97. The molecule has 0 bridgehead atoms. The van der Waals surface area contributed by atoms with Crippen molar-refractivity contribution in [3.05, 3.63) is 128 Å². The molecule has 6 aromatic rings. The van der Waals surface area contributed by atoms with Gasteiger partial charge in [0.1, 0.15) is 0 Å². The maximum atomic E-state index is 12.8. The predicted octanol–water partition coefficient (Wildman–Crippen LogP) is 2.88. The maximum Gasteiger partial charge on any atom is 0.241 e. The van der Waals surface area contributed by atoms with Crippen molar-refractivity contribution in [3.8, 4) is 22.9 Å². The van der Waals surface area contributed by atoms with Crippen LogP contribution in [0.5, 0.6) is 0 Å². The van der Waals surface area contributed by atoms with Crippen molar-refractivity contribution in [1.82, 2.24) is 29.3 Å². The minimum Gasteiger partial charge on any atom is -0.421 e. The minimum atomic E-state index is -0.265. The first-order valence-electron chi connectivity index (χ1n) is 11.4. The van der Waals surface area contributed by atoms with E-state index in [9.17, 15) is 8.78 Å². The molecule has 201 valence electrons. The van der Waals surface area contributed by atoms with Crippen molar-refractivity contribution in [2.24, 2.45) is 14.1 Å². The molecule has 0 aliphatic heterocycles. The van der Waals surface area contributed by atoms with Crippen molar-refractivity contribution < 1.29 is 38.0 Å². The van der Waals surface area contributed by atoms with Gasteiger partial charge in [0, 0.05) is 68.5 Å². The summed E-state index contributed by atoms with van der Waals surface area (Å²) in [4.78, 5) is 8.19. The van der Waals surface area contributed by atoms with Gasteiger partial charge < -0.3 is 28.4 Å². The van der Waals surface area contributed by atoms with E-state index in [0.29, 0.717) is 23.0 Å². The van der Waals surface area contributed by atoms with Crippen LogP contribution in [-0.2, 0) is 34.2 Å². The summed E-state index contributed by atoms with van der Waals surface area (Å²) in [7, 11) is 3.71. The molecule has 0 aliphatic carbocycles. The van der Waals surface area contributed by atoms with Crippen LogP contribution in [0.4, 0.5) is 8.78 Å². The molecular weight excluding hydrogens is 679 g/mol. The van der Waals surface area contributed by atoms with Gasteiger partial charge in [-0.1, -0.05) is 17.4 Å². The van der Waals surface area contributed by atoms with Gasteiger partial charge in [-0.15, -0.1) is 24.3 Å². The summed E-state index contributed by atoms with van der Waals surface area (Å²) in [6.07, 6.45) is 14.9. The first-order valence-corrected chi connectivity index (χ1v) is 11.4. The number of benzene rings is 2. The number of halogens is 2. The van der Waals surface area contributed by atoms with Crippen LogP contribution in [0.15, 0.2) is 85.6 Å². The summed E-state index contributed by atoms with van der Waals surface area (Å²) in [5, 5.41) is 7.65. The molecule has 0 atom stereocenters. The molecule has 11 heteroatoms. The zero-order valence-corrected chi connectivity index (χ0v) is 23.6. The average molecular weight is 702 g/mol. The third-order valence-electron chi connectivity index (χ3n) is 4.88. The maximum absolute atomic E-state index is 12.8. The minimum absolute atomic E-state index is 0. The Morgan fingerprint density at radius 3 is 1.79 bits per heavy atom. The Morgan fingerprint density at radius 1 is 0.846 bits per heavy atom. The van der Waals surface area contributed by atoms with Gasteiger partial charge in [-0.2, -0.15) is 24.3 Å². The van der Waals surface area contributed by atoms with Crippen LogP contribution in [0, 0.1) is 43.3 Å². The van der Waals surface area contributed by atoms with Crippen molar-refractivity contribution >= 4 is 0 Å². The Hall–Kier alpha value is -4.34. The molecule has 0 spiro atoms. The van der Waals surface area contributed by atoms with E-state index in [1.54, 1.807) is 55.9 Å². The van der Waals surface area contributed by atoms with Crippen LogP contribution < -0.4 is 14.2 Å². The second kappa shape index (κ2) is 14.0. The van der Waals surface area contributed by atoms with E-state index in [4.69, 9.17) is 0 Å². The quantitative estimate of drug-likeness (QED) is 0.211. The van der Waals surface area contributed by atoms with Gasteiger partial charge in [0.25, 0.3) is 0 Å². The van der Waals surface area contributed by atoms with E-state index < -0.39 is 0 Å². The Kier molecular flexibility index (Phi) is 10.5. The van der Waals surface area contributed by atoms with Crippen LogP contribution >= 0.6 is 0 Å². The van der Waals surface area contributed by atoms with E-state index in [2.05, 4.69) is 45.0 Å². The van der Waals surface area contributed by atoms with Crippen molar-refractivity contribution in [3.63, 3.8) is 0 Å². The van der Waals surface area contributed by atoms with Gasteiger partial charge in [-0.05, 0) is 24.9 Å². The van der Waals surface area contributed by atoms with E-state index in [-0.39, 0.29) is 31.7 Å². The largest absolute Gasteiger partial charge is 0.421 e. The number of imidazole rings is 2. The molecular formula is C28H23F2IrN8-3. The number of rotatable bonds is 3. The number of hydrogen-bond acceptors (Lipinski definition) is 3. The monoisotopic (exact) mass is 702 g/mol. The molecule has 39 heavy (non-hydrogen) atoms. The summed E-state index contributed by atoms with van der Waals surface area (Å²) in [6.45, 7) is 1.80. The first kappa shape index (κ1) is 29.2. The number of nitrogens with zero attached hydrogens (tertiary/aromatic N) is 8. The summed E-state index contributed by atoms with van der Waals surface area (Å²) < 4.78 is 32.5. The zero-order valence-electron chi connectivity index (χ0n) is 21.2. The molecule has 0 saturated heterocycles. The fourth-order valence-electron chi connectivity index (χ4n) is 3.13. The molecule has 6 rings (SSSR count). The smallest absolute Gasteiger partial charge is 0.241 e. The van der Waals surface area contributed by atoms with Crippen molar-refractivity contribution in [2.45, 2.75) is 6.92 Å². The number of aryl methyl sites for hydroxylation is 3. The first-order chi connectivity index (χ1) is 18.4. The Balaban J connectivity index is 0.000000160. The molecule has 0 amide bonds. The van der Waals surface area contributed by atoms with Gasteiger partial charge >= 0.3 is 0 Å². The van der Waals surface area contributed by atoms with Crippen LogP contribution in [0.2, 0.25) is 0 Å². The molecule has 0 saturated carbocycles. The third kappa shape index (κ3) is 8.59.